The molecule has 0 aliphatic carbocycles. The van der Waals surface area contributed by atoms with Gasteiger partial charge in [-0.25, -0.2) is 9.78 Å². The second-order valence-electron chi connectivity index (χ2n) is 6.43. The van der Waals surface area contributed by atoms with E-state index in [0.717, 1.165) is 15.8 Å². The number of benzene rings is 2. The highest BCUT2D eigenvalue weighted by Gasteiger charge is 2.20. The van der Waals surface area contributed by atoms with Crippen LogP contribution in [0.3, 0.4) is 0 Å². The van der Waals surface area contributed by atoms with Gasteiger partial charge in [-0.15, -0.1) is 17.0 Å². The molecule has 0 unspecified atom stereocenters. The van der Waals surface area contributed by atoms with E-state index in [4.69, 9.17) is 0 Å². The van der Waals surface area contributed by atoms with E-state index in [1.54, 1.807) is 37.3 Å². The highest BCUT2D eigenvalue weighted by molar-refractivity contribution is 9.10. The number of carboxylic acids is 1. The maximum absolute atomic E-state index is 12.5. The fraction of sp³-hybridized carbons (Fsp3) is 0.100. The zero-order chi connectivity index (χ0) is 23.3. The summed E-state index contributed by atoms with van der Waals surface area (Å²) < 4.78 is 0.879. The summed E-state index contributed by atoms with van der Waals surface area (Å²) in [4.78, 5) is 39.3. The Bertz CT molecular complexity index is 1210. The van der Waals surface area contributed by atoms with E-state index in [0.29, 0.717) is 16.3 Å². The van der Waals surface area contributed by atoms with Crippen molar-refractivity contribution in [3.63, 3.8) is 0 Å². The second-order valence-corrected chi connectivity index (χ2v) is 8.35. The van der Waals surface area contributed by atoms with Crippen molar-refractivity contribution >= 4 is 78.3 Å². The quantitative estimate of drug-likeness (QED) is 0.187. The summed E-state index contributed by atoms with van der Waals surface area (Å²) in [5.74, 6) is -1.70. The van der Waals surface area contributed by atoms with Gasteiger partial charge in [-0.2, -0.15) is 5.10 Å². The number of nitro benzene ring substituents is 1. The summed E-state index contributed by atoms with van der Waals surface area (Å²) in [6.07, 6.45) is -0.263. The molecule has 1 heterocycles. The molecule has 10 nitrogen and oxygen atoms in total. The Morgan fingerprint density at radius 3 is 2.52 bits per heavy atom. The van der Waals surface area contributed by atoms with Crippen LogP contribution in [0.4, 0.5) is 16.5 Å². The Balaban J connectivity index is 0.00000385. The van der Waals surface area contributed by atoms with Crippen LogP contribution in [0.15, 0.2) is 58.1 Å². The average Bonchev–Trinajstić information content (AvgIpc) is 3.13. The molecule has 3 N–H and O–H groups in total. The number of rotatable bonds is 8. The first-order valence-corrected chi connectivity index (χ1v) is 10.7. The first-order chi connectivity index (χ1) is 15.2. The lowest BCUT2D eigenvalue weighted by Crippen LogP contribution is -2.18. The van der Waals surface area contributed by atoms with E-state index in [9.17, 15) is 24.8 Å². The van der Waals surface area contributed by atoms with E-state index >= 15 is 0 Å². The van der Waals surface area contributed by atoms with Gasteiger partial charge in [0.15, 0.2) is 0 Å². The molecule has 0 bridgehead atoms. The van der Waals surface area contributed by atoms with Crippen LogP contribution in [0, 0.1) is 17.0 Å². The number of halogens is 2. The number of aryl methyl sites for hydroxylation is 1. The number of nitrogens with zero attached hydrogens (tertiary/aromatic N) is 3. The van der Waals surface area contributed by atoms with Gasteiger partial charge < -0.3 is 10.4 Å². The van der Waals surface area contributed by atoms with Crippen molar-refractivity contribution in [3.8, 4) is 0 Å². The molecule has 13 heteroatoms. The molecule has 0 aliphatic heterocycles. The number of para-hydroxylation sites is 1. The molecule has 3 rings (SSSR count). The molecule has 1 amide bonds. The van der Waals surface area contributed by atoms with Crippen molar-refractivity contribution in [2.45, 2.75) is 13.3 Å². The number of thiazole rings is 1. The molecule has 0 spiro atoms. The van der Waals surface area contributed by atoms with Gasteiger partial charge in [-0.3, -0.25) is 20.3 Å². The summed E-state index contributed by atoms with van der Waals surface area (Å²) in [5, 5.41) is 27.4. The molecule has 1 aromatic heterocycles. The number of nitrogens with one attached hydrogen (secondary N) is 2. The highest BCUT2D eigenvalue weighted by atomic mass is 79.9. The molecule has 0 saturated carbocycles. The van der Waals surface area contributed by atoms with Crippen molar-refractivity contribution in [1.82, 2.24) is 4.98 Å². The van der Waals surface area contributed by atoms with Crippen LogP contribution in [-0.2, 0) is 11.2 Å². The summed E-state index contributed by atoms with van der Waals surface area (Å²) >= 11 is 4.33. The van der Waals surface area contributed by atoms with E-state index < -0.39 is 10.9 Å². The summed E-state index contributed by atoms with van der Waals surface area (Å²) in [7, 11) is 0. The van der Waals surface area contributed by atoms with E-state index in [1.807, 2.05) is 0 Å². The number of carbonyl (C=O) groups excluding carboxylic acids is 1. The third-order valence-electron chi connectivity index (χ3n) is 4.18. The van der Waals surface area contributed by atoms with Crippen LogP contribution in [0.5, 0.6) is 0 Å². The zero-order valence-electron chi connectivity index (χ0n) is 16.9. The first kappa shape index (κ1) is 26.1. The van der Waals surface area contributed by atoms with Crippen molar-refractivity contribution in [2.75, 3.05) is 10.7 Å². The molecule has 0 atom stereocenters. The smallest absolute Gasteiger partial charge is 0.352 e. The van der Waals surface area contributed by atoms with Crippen LogP contribution in [0.1, 0.15) is 20.9 Å². The minimum atomic E-state index is -1.34. The topological polar surface area (TPSA) is 147 Å². The molecular weight excluding hydrogens is 582 g/mol. The Morgan fingerprint density at radius 2 is 1.88 bits per heavy atom. The van der Waals surface area contributed by atoms with Gasteiger partial charge in [0, 0.05) is 28.2 Å². The van der Waals surface area contributed by atoms with Crippen molar-refractivity contribution in [3.05, 3.63) is 79.3 Å². The number of carbonyl (C=O) groups is 2. The van der Waals surface area contributed by atoms with Crippen LogP contribution in [-0.4, -0.2) is 32.6 Å². The summed E-state index contributed by atoms with van der Waals surface area (Å²) in [5.41, 5.74) is 3.27. The number of carboxylic acid groups (broad SMARTS) is 1. The maximum Gasteiger partial charge on any atom is 0.352 e. The molecule has 0 radical (unpaired) electrons. The van der Waals surface area contributed by atoms with Crippen LogP contribution >= 0.6 is 44.2 Å². The van der Waals surface area contributed by atoms with Crippen molar-refractivity contribution < 1.29 is 19.6 Å². The van der Waals surface area contributed by atoms with Gasteiger partial charge in [0.1, 0.15) is 10.6 Å². The van der Waals surface area contributed by atoms with E-state index in [1.165, 1.54) is 18.2 Å². The Kier molecular flexibility index (Phi) is 9.20. The number of hydrogen-bond donors (Lipinski definition) is 3. The van der Waals surface area contributed by atoms with Crippen LogP contribution in [0.25, 0.3) is 0 Å². The predicted molar refractivity (Wildman–Crippen MR) is 135 cm³/mol. The number of aliphatic carboxylic acids is 1. The lowest BCUT2D eigenvalue weighted by molar-refractivity contribution is -0.385. The van der Waals surface area contributed by atoms with Gasteiger partial charge in [0.05, 0.1) is 10.6 Å². The average molecular weight is 599 g/mol. The highest BCUT2D eigenvalue weighted by Crippen LogP contribution is 2.25. The minimum absolute atomic E-state index is 0. The standard InChI is InChI=1S/C20H16BrN5O5S.BrH/c1-11-17(18(27)23-14-8-6-13(21)7-9-14)32-20(22-11)25-24-15(19(28)29)10-12-4-2-3-5-16(12)26(30)31;/h2-9H,10H2,1H3,(H,22,25)(H,23,27)(H,28,29);1H/b24-15+;. The molecule has 0 aliphatic rings. The number of anilines is 2. The van der Waals surface area contributed by atoms with Crippen molar-refractivity contribution in [2.24, 2.45) is 5.10 Å². The Hall–Kier alpha value is -3.16. The zero-order valence-corrected chi connectivity index (χ0v) is 21.1. The van der Waals surface area contributed by atoms with Crippen LogP contribution < -0.4 is 10.7 Å². The van der Waals surface area contributed by atoms with Crippen molar-refractivity contribution in [1.29, 1.82) is 0 Å². The number of amides is 1. The van der Waals surface area contributed by atoms with Gasteiger partial charge in [0.2, 0.25) is 5.13 Å². The summed E-state index contributed by atoms with van der Waals surface area (Å²) in [6.45, 7) is 1.65. The molecule has 0 fully saturated rings. The van der Waals surface area contributed by atoms with Gasteiger partial charge in [-0.1, -0.05) is 45.5 Å². The molecule has 3 aromatic rings. The largest absolute Gasteiger partial charge is 0.477 e. The number of hydrazone groups is 1. The third-order valence-corrected chi connectivity index (χ3v) is 5.77. The minimum Gasteiger partial charge on any atom is -0.477 e. The van der Waals surface area contributed by atoms with Gasteiger partial charge in [0.25, 0.3) is 11.6 Å². The lowest BCUT2D eigenvalue weighted by atomic mass is 10.1. The number of nitro groups is 1. The molecule has 33 heavy (non-hydrogen) atoms. The fourth-order valence-corrected chi connectivity index (χ4v) is 3.74. The molecule has 172 valence electrons. The lowest BCUT2D eigenvalue weighted by Gasteiger charge is -2.04. The van der Waals surface area contributed by atoms with Gasteiger partial charge in [-0.05, 0) is 31.2 Å². The normalized spacial score (nSPS) is 10.8. The molecule has 2 aromatic carbocycles. The molecule has 0 saturated heterocycles. The summed E-state index contributed by atoms with van der Waals surface area (Å²) in [6, 6.07) is 12.9. The molecular formula is C20H17Br2N5O5S. The van der Waals surface area contributed by atoms with Crippen LogP contribution in [0.2, 0.25) is 0 Å². The Morgan fingerprint density at radius 1 is 1.21 bits per heavy atom. The van der Waals surface area contributed by atoms with E-state index in [-0.39, 0.29) is 51.4 Å². The number of hydrogen-bond acceptors (Lipinski definition) is 8. The fourth-order valence-electron chi connectivity index (χ4n) is 2.67. The maximum atomic E-state index is 12.5. The third kappa shape index (κ3) is 6.91. The predicted octanol–water partition coefficient (Wildman–Crippen LogP) is 5.05. The van der Waals surface area contributed by atoms with E-state index in [2.05, 4.69) is 36.8 Å². The monoisotopic (exact) mass is 597 g/mol. The van der Waals surface area contributed by atoms with Gasteiger partial charge >= 0.3 is 5.97 Å². The number of aromatic nitrogens is 1. The second kappa shape index (κ2) is 11.6. The Labute approximate surface area is 210 Å². The SMILES string of the molecule is Br.Cc1nc(N/N=C(\Cc2ccccc2[N+](=O)[O-])C(=O)O)sc1C(=O)Nc1ccc(Br)cc1. The first-order valence-electron chi connectivity index (χ1n) is 9.07.